The predicted octanol–water partition coefficient (Wildman–Crippen LogP) is 5.52. The number of benzene rings is 2. The summed E-state index contributed by atoms with van der Waals surface area (Å²) in [5.41, 5.74) is 6.16. The summed E-state index contributed by atoms with van der Waals surface area (Å²) in [5.74, 6) is 0. The summed E-state index contributed by atoms with van der Waals surface area (Å²) in [5, 5.41) is 0. The minimum Gasteiger partial charge on any atom is -0.314 e. The van der Waals surface area contributed by atoms with Crippen LogP contribution in [0.15, 0.2) is 65.1 Å². The summed E-state index contributed by atoms with van der Waals surface area (Å²) < 4.78 is 3.38. The molecular weight excluding hydrogens is 310 g/mol. The summed E-state index contributed by atoms with van der Waals surface area (Å²) in [6, 6.07) is 21.4. The van der Waals surface area contributed by atoms with Gasteiger partial charge in [-0.3, -0.25) is 0 Å². The van der Waals surface area contributed by atoms with E-state index in [4.69, 9.17) is 0 Å². The van der Waals surface area contributed by atoms with Crippen LogP contribution in [0, 0.1) is 13.8 Å². The molecule has 0 amide bonds. The summed E-state index contributed by atoms with van der Waals surface area (Å²) in [7, 11) is 0. The monoisotopic (exact) mass is 325 g/mol. The Kier molecular flexibility index (Phi) is 3.49. The largest absolute Gasteiger partial charge is 0.314 e. The molecule has 20 heavy (non-hydrogen) atoms. The lowest BCUT2D eigenvalue weighted by Gasteiger charge is -2.12. The number of hydrogen-bond acceptors (Lipinski definition) is 0. The number of hydrogen-bond donors (Lipinski definition) is 0. The smallest absolute Gasteiger partial charge is 0.0531 e. The van der Waals surface area contributed by atoms with E-state index in [-0.39, 0.29) is 0 Å². The Bertz CT molecular complexity index is 738. The minimum absolute atomic E-state index is 1.10. The van der Waals surface area contributed by atoms with Gasteiger partial charge in [0.1, 0.15) is 0 Å². The van der Waals surface area contributed by atoms with E-state index in [1.165, 1.54) is 28.2 Å². The average Bonchev–Trinajstić information content (AvgIpc) is 2.81. The van der Waals surface area contributed by atoms with E-state index < -0.39 is 0 Å². The van der Waals surface area contributed by atoms with Crippen LogP contribution < -0.4 is 0 Å². The van der Waals surface area contributed by atoms with Crippen molar-refractivity contribution in [3.05, 3.63) is 76.4 Å². The van der Waals surface area contributed by atoms with Crippen molar-refractivity contribution in [2.45, 2.75) is 13.8 Å². The second-order valence-corrected chi connectivity index (χ2v) is 5.96. The second kappa shape index (κ2) is 5.29. The van der Waals surface area contributed by atoms with Gasteiger partial charge in [0.05, 0.1) is 5.69 Å². The molecule has 0 radical (unpaired) electrons. The zero-order valence-electron chi connectivity index (χ0n) is 11.6. The first-order valence-corrected chi connectivity index (χ1v) is 7.46. The quantitative estimate of drug-likeness (QED) is 0.584. The van der Waals surface area contributed by atoms with Gasteiger partial charge >= 0.3 is 0 Å². The Labute approximate surface area is 128 Å². The van der Waals surface area contributed by atoms with Crippen molar-refractivity contribution in [3.63, 3.8) is 0 Å². The molecular formula is C18H16BrN. The Hall–Kier alpha value is -1.80. The Morgan fingerprint density at radius 2 is 1.60 bits per heavy atom. The number of rotatable bonds is 2. The number of nitrogens with zero attached hydrogens (tertiary/aromatic N) is 1. The highest BCUT2D eigenvalue weighted by Crippen LogP contribution is 2.27. The summed E-state index contributed by atoms with van der Waals surface area (Å²) in [6.07, 6.45) is 0. The molecule has 100 valence electrons. The zero-order chi connectivity index (χ0) is 14.1. The molecule has 0 atom stereocenters. The summed E-state index contributed by atoms with van der Waals surface area (Å²) in [4.78, 5) is 0. The maximum absolute atomic E-state index is 3.55. The van der Waals surface area contributed by atoms with Crippen molar-refractivity contribution in [2.24, 2.45) is 0 Å². The molecule has 0 saturated carbocycles. The van der Waals surface area contributed by atoms with Crippen molar-refractivity contribution in [1.82, 2.24) is 4.57 Å². The molecule has 0 N–H and O–H groups in total. The van der Waals surface area contributed by atoms with Gasteiger partial charge in [0.2, 0.25) is 0 Å². The van der Waals surface area contributed by atoms with Gasteiger partial charge in [-0.05, 0) is 49.7 Å². The predicted molar refractivity (Wildman–Crippen MR) is 88.4 cm³/mol. The number of aromatic nitrogens is 1. The lowest BCUT2D eigenvalue weighted by atomic mass is 10.1. The Morgan fingerprint density at radius 1 is 0.850 bits per heavy atom. The molecule has 0 spiro atoms. The molecule has 0 bridgehead atoms. The van der Waals surface area contributed by atoms with Crippen LogP contribution in [-0.4, -0.2) is 4.57 Å². The lowest BCUT2D eigenvalue weighted by molar-refractivity contribution is 1.02. The molecule has 0 aliphatic carbocycles. The molecule has 3 aromatic rings. The topological polar surface area (TPSA) is 4.93 Å². The van der Waals surface area contributed by atoms with Crippen molar-refractivity contribution in [1.29, 1.82) is 0 Å². The average molecular weight is 326 g/mol. The van der Waals surface area contributed by atoms with Crippen molar-refractivity contribution < 1.29 is 0 Å². The molecule has 1 nitrogen and oxygen atoms in total. The molecule has 2 aromatic carbocycles. The Morgan fingerprint density at radius 3 is 2.30 bits per heavy atom. The van der Waals surface area contributed by atoms with Gasteiger partial charge in [0.25, 0.3) is 0 Å². The fourth-order valence-corrected chi connectivity index (χ4v) is 2.83. The summed E-state index contributed by atoms with van der Waals surface area (Å²) >= 11 is 3.55. The number of aryl methyl sites for hydroxylation is 2. The van der Waals surface area contributed by atoms with E-state index in [0.717, 1.165) is 4.47 Å². The third kappa shape index (κ3) is 2.44. The minimum atomic E-state index is 1.10. The van der Waals surface area contributed by atoms with Gasteiger partial charge in [-0.15, -0.1) is 0 Å². The van der Waals surface area contributed by atoms with E-state index in [1.807, 2.05) is 6.07 Å². The third-order valence-corrected chi connectivity index (χ3v) is 3.98. The zero-order valence-corrected chi connectivity index (χ0v) is 13.2. The SMILES string of the molecule is Cc1ccc(-c2ccc(C)n2-c2cccc(Br)c2)cc1. The van der Waals surface area contributed by atoms with Crippen molar-refractivity contribution in [2.75, 3.05) is 0 Å². The standard InChI is InChI=1S/C18H16BrN/c1-13-6-9-15(10-7-13)18-11-8-14(2)20(18)17-5-3-4-16(19)12-17/h3-12H,1-2H3. The summed E-state index contributed by atoms with van der Waals surface area (Å²) in [6.45, 7) is 4.25. The van der Waals surface area contributed by atoms with Crippen molar-refractivity contribution in [3.8, 4) is 16.9 Å². The normalized spacial score (nSPS) is 10.8. The van der Waals surface area contributed by atoms with Crippen LogP contribution in [0.5, 0.6) is 0 Å². The lowest BCUT2D eigenvalue weighted by Crippen LogP contribution is -1.98. The van der Waals surface area contributed by atoms with Crippen molar-refractivity contribution >= 4 is 15.9 Å². The highest BCUT2D eigenvalue weighted by molar-refractivity contribution is 9.10. The first-order valence-electron chi connectivity index (χ1n) is 6.66. The van der Waals surface area contributed by atoms with Gasteiger partial charge in [-0.1, -0.05) is 51.8 Å². The molecule has 2 heteroatoms. The van der Waals surface area contributed by atoms with E-state index in [0.29, 0.717) is 0 Å². The molecule has 1 aromatic heterocycles. The second-order valence-electron chi connectivity index (χ2n) is 5.04. The van der Waals surface area contributed by atoms with E-state index >= 15 is 0 Å². The van der Waals surface area contributed by atoms with Gasteiger partial charge in [0, 0.05) is 15.9 Å². The van der Waals surface area contributed by atoms with Crippen LogP contribution >= 0.6 is 15.9 Å². The third-order valence-electron chi connectivity index (χ3n) is 3.49. The molecule has 0 saturated heterocycles. The Balaban J connectivity index is 2.17. The van der Waals surface area contributed by atoms with Crippen LogP contribution in [0.1, 0.15) is 11.3 Å². The van der Waals surface area contributed by atoms with Gasteiger partial charge in [-0.25, -0.2) is 0 Å². The molecule has 0 aliphatic rings. The number of halogens is 1. The fraction of sp³-hybridized carbons (Fsp3) is 0.111. The first kappa shape index (κ1) is 13.2. The van der Waals surface area contributed by atoms with Crippen LogP contribution in [-0.2, 0) is 0 Å². The molecule has 0 unspecified atom stereocenters. The van der Waals surface area contributed by atoms with E-state index in [2.05, 4.69) is 88.9 Å². The maximum Gasteiger partial charge on any atom is 0.0531 e. The van der Waals surface area contributed by atoms with Crippen LogP contribution in [0.3, 0.4) is 0 Å². The fourth-order valence-electron chi connectivity index (χ4n) is 2.45. The van der Waals surface area contributed by atoms with Gasteiger partial charge in [0.15, 0.2) is 0 Å². The maximum atomic E-state index is 3.55. The molecule has 3 rings (SSSR count). The highest BCUT2D eigenvalue weighted by atomic mass is 79.9. The van der Waals surface area contributed by atoms with Crippen LogP contribution in [0.4, 0.5) is 0 Å². The van der Waals surface area contributed by atoms with Crippen LogP contribution in [0.25, 0.3) is 16.9 Å². The van der Waals surface area contributed by atoms with Gasteiger partial charge in [-0.2, -0.15) is 0 Å². The van der Waals surface area contributed by atoms with Crippen LogP contribution in [0.2, 0.25) is 0 Å². The van der Waals surface area contributed by atoms with E-state index in [1.54, 1.807) is 0 Å². The molecule has 0 fully saturated rings. The molecule has 0 aliphatic heterocycles. The van der Waals surface area contributed by atoms with E-state index in [9.17, 15) is 0 Å². The molecule has 1 heterocycles. The van der Waals surface area contributed by atoms with Gasteiger partial charge < -0.3 is 4.57 Å². The first-order chi connectivity index (χ1) is 9.65. The highest BCUT2D eigenvalue weighted by Gasteiger charge is 2.09.